The van der Waals surface area contributed by atoms with Crippen molar-refractivity contribution in [3.05, 3.63) is 108 Å². The van der Waals surface area contributed by atoms with Crippen molar-refractivity contribution in [2.75, 3.05) is 19.5 Å². The normalized spacial score (nSPS) is 10.3. The number of carbonyl (C=O) groups excluding carboxylic acids is 1. The lowest BCUT2D eigenvalue weighted by molar-refractivity contribution is 0.102. The number of methoxy groups -OCH3 is 2. The molecular weight excluding hydrogens is 430 g/mol. The Kier molecular flexibility index (Phi) is 7.30. The summed E-state index contributed by atoms with van der Waals surface area (Å²) in [5.74, 6) is 3.08. The molecule has 1 N–H and O–H groups in total. The van der Waals surface area contributed by atoms with Gasteiger partial charge < -0.3 is 24.3 Å². The summed E-state index contributed by atoms with van der Waals surface area (Å²) in [6, 6.07) is 29.4. The highest BCUT2D eigenvalue weighted by molar-refractivity contribution is 6.04. The summed E-state index contributed by atoms with van der Waals surface area (Å²) >= 11 is 0. The molecule has 1 amide bonds. The minimum atomic E-state index is -0.238. The Morgan fingerprint density at radius 2 is 1.35 bits per heavy atom. The molecular formula is C28H25NO5. The van der Waals surface area contributed by atoms with Crippen LogP contribution in [0.3, 0.4) is 0 Å². The van der Waals surface area contributed by atoms with Crippen LogP contribution in [0, 0.1) is 0 Å². The summed E-state index contributed by atoms with van der Waals surface area (Å²) in [6.45, 7) is 0.218. The first kappa shape index (κ1) is 22.7. The van der Waals surface area contributed by atoms with Gasteiger partial charge in [-0.15, -0.1) is 0 Å². The minimum absolute atomic E-state index is 0.218. The third kappa shape index (κ3) is 5.66. The summed E-state index contributed by atoms with van der Waals surface area (Å²) in [4.78, 5) is 12.9. The fourth-order valence-corrected chi connectivity index (χ4v) is 3.36. The molecule has 6 nitrogen and oxygen atoms in total. The number of rotatable bonds is 9. The molecule has 34 heavy (non-hydrogen) atoms. The van der Waals surface area contributed by atoms with Gasteiger partial charge >= 0.3 is 0 Å². The Labute approximate surface area is 198 Å². The molecule has 0 aliphatic heterocycles. The first-order valence-electron chi connectivity index (χ1n) is 10.7. The van der Waals surface area contributed by atoms with Crippen LogP contribution < -0.4 is 24.3 Å². The zero-order valence-corrected chi connectivity index (χ0v) is 19.0. The van der Waals surface area contributed by atoms with E-state index >= 15 is 0 Å². The van der Waals surface area contributed by atoms with Gasteiger partial charge in [-0.3, -0.25) is 4.79 Å². The molecule has 0 saturated heterocycles. The van der Waals surface area contributed by atoms with Crippen LogP contribution in [0.5, 0.6) is 28.7 Å². The van der Waals surface area contributed by atoms with Gasteiger partial charge in [0.2, 0.25) is 0 Å². The lowest BCUT2D eigenvalue weighted by Gasteiger charge is -2.14. The van der Waals surface area contributed by atoms with E-state index < -0.39 is 0 Å². The van der Waals surface area contributed by atoms with Crippen LogP contribution in [0.1, 0.15) is 15.9 Å². The summed E-state index contributed by atoms with van der Waals surface area (Å²) in [6.07, 6.45) is 0. The molecule has 172 valence electrons. The molecule has 0 unspecified atom stereocenters. The smallest absolute Gasteiger partial charge is 0.255 e. The van der Waals surface area contributed by atoms with E-state index in [1.165, 1.54) is 0 Å². The molecule has 4 rings (SSSR count). The third-order valence-corrected chi connectivity index (χ3v) is 5.09. The topological polar surface area (TPSA) is 66.0 Å². The highest BCUT2D eigenvalue weighted by Crippen LogP contribution is 2.29. The largest absolute Gasteiger partial charge is 0.496 e. The van der Waals surface area contributed by atoms with Crippen molar-refractivity contribution < 1.29 is 23.7 Å². The second kappa shape index (κ2) is 10.9. The van der Waals surface area contributed by atoms with Crippen molar-refractivity contribution in [1.29, 1.82) is 0 Å². The molecule has 0 aromatic heterocycles. The van der Waals surface area contributed by atoms with E-state index in [9.17, 15) is 4.79 Å². The van der Waals surface area contributed by atoms with Crippen LogP contribution >= 0.6 is 0 Å². The standard InChI is InChI=1S/C28H25NO5/c1-31-25-17-12-20(18-21(25)19-33-27-11-7-6-10-26(27)32-2)28(30)29-22-13-15-24(16-14-22)34-23-8-4-3-5-9-23/h3-18H,19H2,1-2H3,(H,29,30). The van der Waals surface area contributed by atoms with Gasteiger partial charge in [-0.05, 0) is 66.7 Å². The number of carbonyl (C=O) groups is 1. The number of anilines is 1. The Hall–Kier alpha value is -4.45. The van der Waals surface area contributed by atoms with Crippen molar-refractivity contribution in [3.63, 3.8) is 0 Å². The van der Waals surface area contributed by atoms with Crippen molar-refractivity contribution in [2.45, 2.75) is 6.61 Å². The molecule has 4 aromatic rings. The summed E-state index contributed by atoms with van der Waals surface area (Å²) < 4.78 is 22.5. The lowest BCUT2D eigenvalue weighted by atomic mass is 10.1. The fraction of sp³-hybridized carbons (Fsp3) is 0.107. The third-order valence-electron chi connectivity index (χ3n) is 5.09. The molecule has 0 bridgehead atoms. The van der Waals surface area contributed by atoms with Gasteiger partial charge in [0, 0.05) is 16.8 Å². The van der Waals surface area contributed by atoms with Crippen molar-refractivity contribution >= 4 is 11.6 Å². The molecule has 0 heterocycles. The molecule has 0 saturated carbocycles. The molecule has 6 heteroatoms. The zero-order chi connectivity index (χ0) is 23.8. The van der Waals surface area contributed by atoms with Gasteiger partial charge in [0.25, 0.3) is 5.91 Å². The SMILES string of the molecule is COc1ccc(C(=O)Nc2ccc(Oc3ccccc3)cc2)cc1COc1ccccc1OC. The van der Waals surface area contributed by atoms with E-state index in [4.69, 9.17) is 18.9 Å². The van der Waals surface area contributed by atoms with Crippen LogP contribution in [-0.4, -0.2) is 20.1 Å². The van der Waals surface area contributed by atoms with E-state index in [2.05, 4.69) is 5.32 Å². The van der Waals surface area contributed by atoms with Gasteiger partial charge in [0.15, 0.2) is 11.5 Å². The van der Waals surface area contributed by atoms with Crippen LogP contribution in [0.25, 0.3) is 0 Å². The maximum Gasteiger partial charge on any atom is 0.255 e. The van der Waals surface area contributed by atoms with Crippen LogP contribution in [-0.2, 0) is 6.61 Å². The van der Waals surface area contributed by atoms with E-state index in [1.807, 2.05) is 66.7 Å². The molecule has 0 atom stereocenters. The van der Waals surface area contributed by atoms with Gasteiger partial charge in [-0.2, -0.15) is 0 Å². The van der Waals surface area contributed by atoms with Gasteiger partial charge in [0.05, 0.1) is 14.2 Å². The van der Waals surface area contributed by atoms with Crippen LogP contribution in [0.15, 0.2) is 97.1 Å². The average Bonchev–Trinajstić information content (AvgIpc) is 2.89. The predicted octanol–water partition coefficient (Wildman–Crippen LogP) is 6.33. The maximum absolute atomic E-state index is 12.9. The Morgan fingerprint density at radius 3 is 2.06 bits per heavy atom. The number of amides is 1. The fourth-order valence-electron chi connectivity index (χ4n) is 3.36. The molecule has 4 aromatic carbocycles. The minimum Gasteiger partial charge on any atom is -0.496 e. The summed E-state index contributed by atoms with van der Waals surface area (Å²) in [5.41, 5.74) is 1.89. The highest BCUT2D eigenvalue weighted by Gasteiger charge is 2.13. The van der Waals surface area contributed by atoms with Crippen molar-refractivity contribution in [3.8, 4) is 28.7 Å². The van der Waals surface area contributed by atoms with Crippen molar-refractivity contribution in [1.82, 2.24) is 0 Å². The number of ether oxygens (including phenoxy) is 4. The predicted molar refractivity (Wildman–Crippen MR) is 131 cm³/mol. The van der Waals surface area contributed by atoms with Crippen LogP contribution in [0.4, 0.5) is 5.69 Å². The second-order valence-electron chi connectivity index (χ2n) is 7.36. The zero-order valence-electron chi connectivity index (χ0n) is 19.0. The number of para-hydroxylation sites is 3. The first-order chi connectivity index (χ1) is 16.7. The molecule has 0 aliphatic carbocycles. The molecule has 0 spiro atoms. The average molecular weight is 456 g/mol. The quantitative estimate of drug-likeness (QED) is 0.320. The number of hydrogen-bond donors (Lipinski definition) is 1. The Balaban J connectivity index is 1.43. The Bertz CT molecular complexity index is 1240. The number of hydrogen-bond acceptors (Lipinski definition) is 5. The van der Waals surface area contributed by atoms with E-state index in [0.29, 0.717) is 34.2 Å². The molecule has 0 radical (unpaired) electrons. The maximum atomic E-state index is 12.9. The van der Waals surface area contributed by atoms with Crippen molar-refractivity contribution in [2.24, 2.45) is 0 Å². The number of benzene rings is 4. The van der Waals surface area contributed by atoms with Gasteiger partial charge in [-0.1, -0.05) is 30.3 Å². The molecule has 0 aliphatic rings. The summed E-state index contributed by atoms with van der Waals surface area (Å²) in [7, 11) is 3.18. The number of nitrogens with one attached hydrogen (secondary N) is 1. The lowest BCUT2D eigenvalue weighted by Crippen LogP contribution is -2.13. The highest BCUT2D eigenvalue weighted by atomic mass is 16.5. The monoisotopic (exact) mass is 455 g/mol. The van der Waals surface area contributed by atoms with E-state index in [-0.39, 0.29) is 12.5 Å². The van der Waals surface area contributed by atoms with Gasteiger partial charge in [0.1, 0.15) is 23.9 Å². The van der Waals surface area contributed by atoms with Gasteiger partial charge in [-0.25, -0.2) is 0 Å². The first-order valence-corrected chi connectivity index (χ1v) is 10.7. The van der Waals surface area contributed by atoms with E-state index in [1.54, 1.807) is 44.6 Å². The molecule has 0 fully saturated rings. The van der Waals surface area contributed by atoms with Crippen LogP contribution in [0.2, 0.25) is 0 Å². The summed E-state index contributed by atoms with van der Waals surface area (Å²) in [5, 5.41) is 2.91. The Morgan fingerprint density at radius 1 is 0.706 bits per heavy atom. The van der Waals surface area contributed by atoms with E-state index in [0.717, 1.165) is 11.3 Å². The second-order valence-corrected chi connectivity index (χ2v) is 7.36.